The van der Waals surface area contributed by atoms with Crippen LogP contribution in [0.2, 0.25) is 0 Å². The van der Waals surface area contributed by atoms with Gasteiger partial charge < -0.3 is 25.0 Å². The van der Waals surface area contributed by atoms with Gasteiger partial charge in [-0.15, -0.1) is 24.5 Å². The second kappa shape index (κ2) is 18.6. The lowest BCUT2D eigenvalue weighted by atomic mass is 10.0. The molecular formula is C46H55FN6O7S2. The average Bonchev–Trinajstić information content (AvgIpc) is 4.13. The molecule has 3 heterocycles. The van der Waals surface area contributed by atoms with Crippen LogP contribution in [0, 0.1) is 18.7 Å². The van der Waals surface area contributed by atoms with E-state index >= 15 is 0 Å². The van der Waals surface area contributed by atoms with Crippen molar-refractivity contribution in [1.29, 1.82) is 0 Å². The van der Waals surface area contributed by atoms with Crippen LogP contribution in [0.3, 0.4) is 0 Å². The smallest absolute Gasteiger partial charge is 0.259 e. The van der Waals surface area contributed by atoms with Crippen LogP contribution in [0.15, 0.2) is 73.2 Å². The summed E-state index contributed by atoms with van der Waals surface area (Å²) >= 11 is 1.48. The van der Waals surface area contributed by atoms with Crippen LogP contribution in [0.1, 0.15) is 88.8 Å². The summed E-state index contributed by atoms with van der Waals surface area (Å²) in [5.74, 6) is -1.43. The number of anilines is 1. The van der Waals surface area contributed by atoms with Crippen molar-refractivity contribution >= 4 is 55.7 Å². The fourth-order valence-corrected chi connectivity index (χ4v) is 10.4. The Labute approximate surface area is 366 Å². The van der Waals surface area contributed by atoms with E-state index in [1.54, 1.807) is 19.2 Å². The van der Waals surface area contributed by atoms with Crippen LogP contribution in [0.25, 0.3) is 21.6 Å². The van der Waals surface area contributed by atoms with E-state index in [1.165, 1.54) is 34.4 Å². The Morgan fingerprint density at radius 1 is 1.06 bits per heavy atom. The molecule has 3 aliphatic rings. The van der Waals surface area contributed by atoms with E-state index in [-0.39, 0.29) is 31.2 Å². The molecule has 5 atom stereocenters. The van der Waals surface area contributed by atoms with E-state index < -0.39 is 62.5 Å². The van der Waals surface area contributed by atoms with Gasteiger partial charge in [-0.25, -0.2) is 22.8 Å². The Morgan fingerprint density at radius 3 is 2.47 bits per heavy atom. The van der Waals surface area contributed by atoms with Crippen molar-refractivity contribution in [1.82, 2.24) is 24.9 Å². The number of methoxy groups -OCH3 is 1. The van der Waals surface area contributed by atoms with E-state index in [9.17, 15) is 27.2 Å². The second-order valence-corrected chi connectivity index (χ2v) is 19.6. The van der Waals surface area contributed by atoms with E-state index in [4.69, 9.17) is 19.4 Å². The van der Waals surface area contributed by atoms with Crippen LogP contribution in [0.4, 0.5) is 10.1 Å². The first-order valence-electron chi connectivity index (χ1n) is 21.2. The van der Waals surface area contributed by atoms with Gasteiger partial charge in [-0.2, -0.15) is 0 Å². The number of aryl methyl sites for hydroxylation is 1. The van der Waals surface area contributed by atoms with Gasteiger partial charge in [-0.05, 0) is 87.8 Å². The number of allylic oxidation sites excluding steroid dienone is 1. The number of halogens is 1. The molecule has 2 aromatic heterocycles. The van der Waals surface area contributed by atoms with Gasteiger partial charge in [0.15, 0.2) is 0 Å². The van der Waals surface area contributed by atoms with Gasteiger partial charge in [0.25, 0.3) is 5.91 Å². The van der Waals surface area contributed by atoms with Crippen LogP contribution in [-0.2, 0) is 24.4 Å². The van der Waals surface area contributed by atoms with Gasteiger partial charge in [0.05, 0.1) is 30.1 Å². The van der Waals surface area contributed by atoms with Crippen molar-refractivity contribution in [2.75, 3.05) is 19.0 Å². The summed E-state index contributed by atoms with van der Waals surface area (Å²) in [4.78, 5) is 54.6. The number of nitrogens with zero attached hydrogens (tertiary/aromatic N) is 3. The van der Waals surface area contributed by atoms with E-state index in [2.05, 4.69) is 42.4 Å². The highest BCUT2D eigenvalue weighted by Crippen LogP contribution is 2.46. The normalized spacial score (nSPS) is 21.3. The predicted molar refractivity (Wildman–Crippen MR) is 239 cm³/mol. The Bertz CT molecular complexity index is 2450. The SMILES string of the molecule is C=CCCCCC[C@H](Nc1ccc(F)cc1)C(=O)N1C[C@H](Oc2cc(-c3nc(C(C)C)cs3)nc3c(C)c(OC)ccc23)C[C@H]1C(=O)N[C@]1(C(=O)NS(=O)(=O)C2CC2)C[C@H]1C=C. The highest BCUT2D eigenvalue weighted by Gasteiger charge is 2.62. The molecule has 0 spiro atoms. The van der Waals surface area contributed by atoms with E-state index in [0.29, 0.717) is 64.5 Å². The molecule has 0 unspecified atom stereocenters. The maximum atomic E-state index is 14.9. The number of carbonyl (C=O) groups is 3. The number of pyridine rings is 1. The number of fused-ring (bicyclic) bond motifs is 1. The third-order valence-electron chi connectivity index (χ3n) is 12.0. The molecule has 330 valence electrons. The number of likely N-dealkylation sites (tertiary alicyclic amines) is 1. The average molecular weight is 887 g/mol. The zero-order valence-electron chi connectivity index (χ0n) is 35.6. The van der Waals surface area contributed by atoms with Gasteiger partial charge in [0, 0.05) is 40.4 Å². The lowest BCUT2D eigenvalue weighted by molar-refractivity contribution is -0.140. The molecule has 2 saturated carbocycles. The summed E-state index contributed by atoms with van der Waals surface area (Å²) < 4.78 is 54.4. The van der Waals surface area contributed by atoms with Gasteiger partial charge in [-0.3, -0.25) is 19.1 Å². The van der Waals surface area contributed by atoms with Gasteiger partial charge >= 0.3 is 0 Å². The van der Waals surface area contributed by atoms with E-state index in [0.717, 1.165) is 30.5 Å². The first-order valence-corrected chi connectivity index (χ1v) is 23.7. The highest BCUT2D eigenvalue weighted by molar-refractivity contribution is 7.91. The zero-order valence-corrected chi connectivity index (χ0v) is 37.2. The van der Waals surface area contributed by atoms with Crippen LogP contribution < -0.4 is 24.8 Å². The molecule has 4 aromatic rings. The van der Waals surface area contributed by atoms with Crippen molar-refractivity contribution in [2.24, 2.45) is 5.92 Å². The number of unbranched alkanes of at least 4 members (excludes halogenated alkanes) is 3. The summed E-state index contributed by atoms with van der Waals surface area (Å²) in [6, 6.07) is 9.37. The molecule has 7 rings (SSSR count). The lowest BCUT2D eigenvalue weighted by Gasteiger charge is -2.30. The minimum absolute atomic E-state index is 0.0121. The predicted octanol–water partition coefficient (Wildman–Crippen LogP) is 7.57. The number of nitrogens with one attached hydrogen (secondary N) is 3. The Balaban J connectivity index is 1.23. The first kappa shape index (κ1) is 44.7. The standard InChI is InChI=1S/C46H55FN6O7S2/c1-7-9-10-11-12-13-35(48-31-16-14-30(47)15-17-31)44(55)53-25-32(22-38(53)42(54)51-46(24-29(46)8-2)45(56)52-62(57,58)33-18-19-33)60-40-23-36(43-50-37(26-61-43)27(3)4)49-41-28(5)39(59-6)21-20-34(40)41/h7-8,14-17,20-21,23,26-27,29,32-33,35,38,48H,1-2,9-13,18-19,22,24-25H2,3-6H3,(H,51,54)(H,52,56)/t29-,32-,35+,38+,46-/m1/s1. The summed E-state index contributed by atoms with van der Waals surface area (Å²) in [7, 11) is -2.32. The molecule has 3 N–H and O–H groups in total. The number of hydrogen-bond acceptors (Lipinski definition) is 11. The molecule has 62 heavy (non-hydrogen) atoms. The molecule has 0 bridgehead atoms. The zero-order chi connectivity index (χ0) is 44.3. The summed E-state index contributed by atoms with van der Waals surface area (Å²) in [5, 5.41) is 8.94. The number of amides is 3. The molecular weight excluding hydrogens is 832 g/mol. The maximum absolute atomic E-state index is 14.9. The first-order chi connectivity index (χ1) is 29.7. The largest absolute Gasteiger partial charge is 0.496 e. The van der Waals surface area contributed by atoms with Gasteiger partial charge in [0.1, 0.15) is 51.7 Å². The number of carbonyl (C=O) groups excluding carboxylic acids is 3. The lowest BCUT2D eigenvalue weighted by Crippen LogP contribution is -2.57. The Kier molecular flexibility index (Phi) is 13.4. The fraction of sp³-hybridized carbons (Fsp3) is 0.457. The summed E-state index contributed by atoms with van der Waals surface area (Å²) in [5.41, 5.74) is 1.96. The van der Waals surface area contributed by atoms with Crippen molar-refractivity contribution in [2.45, 2.75) is 113 Å². The van der Waals surface area contributed by atoms with Crippen LogP contribution >= 0.6 is 11.3 Å². The third-order valence-corrected chi connectivity index (χ3v) is 14.7. The molecule has 0 radical (unpaired) electrons. The quantitative estimate of drug-likeness (QED) is 0.0595. The maximum Gasteiger partial charge on any atom is 0.259 e. The molecule has 13 nitrogen and oxygen atoms in total. The molecule has 1 saturated heterocycles. The monoisotopic (exact) mass is 886 g/mol. The van der Waals surface area contributed by atoms with Crippen molar-refractivity contribution in [3.8, 4) is 22.2 Å². The van der Waals surface area contributed by atoms with Crippen LogP contribution in [0.5, 0.6) is 11.5 Å². The van der Waals surface area contributed by atoms with Gasteiger partial charge in [0.2, 0.25) is 21.8 Å². The number of rotatable bonds is 20. The fourth-order valence-electron chi connectivity index (χ4n) is 8.07. The number of thiazole rings is 1. The number of sulfonamides is 1. The third kappa shape index (κ3) is 9.65. The Hall–Kier alpha value is -5.35. The van der Waals surface area contributed by atoms with Crippen LogP contribution in [-0.4, -0.2) is 83.6 Å². The molecule has 2 aromatic carbocycles. The second-order valence-electron chi connectivity index (χ2n) is 16.8. The van der Waals surface area contributed by atoms with E-state index in [1.807, 2.05) is 36.6 Å². The highest BCUT2D eigenvalue weighted by atomic mass is 32.2. The van der Waals surface area contributed by atoms with Crippen molar-refractivity contribution in [3.63, 3.8) is 0 Å². The minimum Gasteiger partial charge on any atom is -0.496 e. The Morgan fingerprint density at radius 2 is 1.82 bits per heavy atom. The summed E-state index contributed by atoms with van der Waals surface area (Å²) in [6.45, 7) is 13.7. The topological polar surface area (TPSA) is 169 Å². The molecule has 3 fully saturated rings. The molecule has 16 heteroatoms. The number of hydrogen-bond donors (Lipinski definition) is 3. The minimum atomic E-state index is -3.92. The van der Waals surface area contributed by atoms with Crippen molar-refractivity contribution < 1.29 is 36.7 Å². The number of aromatic nitrogens is 2. The summed E-state index contributed by atoms with van der Waals surface area (Å²) in [6.07, 6.45) is 7.46. The number of ether oxygens (including phenoxy) is 2. The molecule has 3 amide bonds. The van der Waals surface area contributed by atoms with Crippen molar-refractivity contribution in [3.05, 3.63) is 90.2 Å². The molecule has 1 aliphatic heterocycles. The van der Waals surface area contributed by atoms with Gasteiger partial charge in [-0.1, -0.05) is 38.8 Å². The number of benzene rings is 2. The molecule has 2 aliphatic carbocycles.